The van der Waals surface area contributed by atoms with Gasteiger partial charge in [-0.05, 0) is 112 Å². The van der Waals surface area contributed by atoms with Crippen LogP contribution in [0.1, 0.15) is 105 Å². The van der Waals surface area contributed by atoms with E-state index in [1.165, 1.54) is 86.2 Å². The number of fused-ring (bicyclic) bond motifs is 1. The van der Waals surface area contributed by atoms with Gasteiger partial charge in [0.1, 0.15) is 6.29 Å². The number of aromatic nitrogens is 1. The van der Waals surface area contributed by atoms with Gasteiger partial charge in [-0.3, -0.25) is 4.98 Å². The van der Waals surface area contributed by atoms with Crippen molar-refractivity contribution in [2.45, 2.75) is 90.9 Å². The normalized spacial score (nSPS) is 18.8. The smallest absolute Gasteiger partial charge is 0.116 e. The molecule has 2 nitrogen and oxygen atoms in total. The lowest BCUT2D eigenvalue weighted by Crippen LogP contribution is -2.15. The molecule has 2 aromatic carbocycles. The van der Waals surface area contributed by atoms with E-state index in [2.05, 4.69) is 87.5 Å². The topological polar surface area (TPSA) is 30.0 Å². The molecule has 0 spiro atoms. The van der Waals surface area contributed by atoms with Crippen LogP contribution in [0.25, 0.3) is 6.08 Å². The van der Waals surface area contributed by atoms with Crippen molar-refractivity contribution in [3.8, 4) is 0 Å². The summed E-state index contributed by atoms with van der Waals surface area (Å²) < 4.78 is 0. The average molecular weight is 484 g/mol. The fourth-order valence-electron chi connectivity index (χ4n) is 5.64. The Balaban J connectivity index is 0.000000285. The van der Waals surface area contributed by atoms with Crippen molar-refractivity contribution in [2.24, 2.45) is 0 Å². The van der Waals surface area contributed by atoms with Crippen LogP contribution in [0.4, 0.5) is 0 Å². The first-order valence-corrected chi connectivity index (χ1v) is 13.7. The number of hydrogen-bond donors (Lipinski definition) is 0. The molecule has 36 heavy (non-hydrogen) atoms. The second-order valence-electron chi connectivity index (χ2n) is 10.1. The van der Waals surface area contributed by atoms with E-state index < -0.39 is 0 Å². The first-order valence-electron chi connectivity index (χ1n) is 13.7. The third-order valence-electron chi connectivity index (χ3n) is 7.41. The molecule has 1 aromatic heterocycles. The molecule has 0 bridgehead atoms. The summed E-state index contributed by atoms with van der Waals surface area (Å²) in [5, 5.41) is 0. The lowest BCUT2D eigenvalue weighted by atomic mass is 9.75. The molecule has 0 N–H and O–H groups in total. The summed E-state index contributed by atoms with van der Waals surface area (Å²) in [6.07, 6.45) is 17.6. The average Bonchev–Trinajstić information content (AvgIpc) is 2.91. The highest BCUT2D eigenvalue weighted by molar-refractivity contribution is 5.56. The van der Waals surface area contributed by atoms with E-state index in [4.69, 9.17) is 9.78 Å². The third kappa shape index (κ3) is 7.75. The highest BCUT2D eigenvalue weighted by atomic mass is 16.1. The van der Waals surface area contributed by atoms with Crippen LogP contribution in [0.2, 0.25) is 0 Å². The zero-order valence-corrected chi connectivity index (χ0v) is 22.7. The molecule has 192 valence electrons. The van der Waals surface area contributed by atoms with Crippen molar-refractivity contribution in [2.75, 3.05) is 0 Å². The molecule has 1 saturated carbocycles. The largest absolute Gasteiger partial charge is 0.304 e. The van der Waals surface area contributed by atoms with Crippen LogP contribution < -0.4 is 0 Å². The predicted molar refractivity (Wildman–Crippen MR) is 156 cm³/mol. The van der Waals surface area contributed by atoms with E-state index in [1.807, 2.05) is 6.20 Å². The molecule has 2 aliphatic rings. The summed E-state index contributed by atoms with van der Waals surface area (Å²) in [7, 11) is 0. The standard InChI is InChI=1S/C22H27N.C10H12.C2H4O.H2/c1-4-7-21-17(3)12-13-23-22(21)20-11-6-10-19(15-20)18-9-5-8-16(2)14-18;1-2-6-10-8-4-3-7-9(10)5-1;1-2-3;/h4-5,7-9,12-14,19-20H,6,10-11,15H2,1-3H3;1-2,5-6H,3-4,7-8H2;2H,1H3;1H/b7-4-;;;. The van der Waals surface area contributed by atoms with Crippen molar-refractivity contribution in [3.05, 3.63) is 106 Å². The summed E-state index contributed by atoms with van der Waals surface area (Å²) in [6, 6.07) is 20.0. The van der Waals surface area contributed by atoms with Crippen LogP contribution in [-0.4, -0.2) is 11.3 Å². The molecule has 5 rings (SSSR count). The highest BCUT2D eigenvalue weighted by Gasteiger charge is 2.26. The van der Waals surface area contributed by atoms with Gasteiger partial charge in [-0.15, -0.1) is 0 Å². The van der Waals surface area contributed by atoms with Crippen LogP contribution in [0, 0.1) is 13.8 Å². The number of rotatable bonds is 3. The van der Waals surface area contributed by atoms with Crippen LogP contribution in [0.5, 0.6) is 0 Å². The Hall–Kier alpha value is -3.00. The number of pyridine rings is 1. The molecular formula is C34H45NO. The van der Waals surface area contributed by atoms with Gasteiger partial charge in [0.05, 0.1) is 5.69 Å². The quantitative estimate of drug-likeness (QED) is 0.348. The Morgan fingerprint density at radius 3 is 2.17 bits per heavy atom. The molecule has 3 aromatic rings. The molecule has 0 aliphatic heterocycles. The van der Waals surface area contributed by atoms with E-state index >= 15 is 0 Å². The van der Waals surface area contributed by atoms with E-state index in [-0.39, 0.29) is 1.43 Å². The zero-order chi connectivity index (χ0) is 25.8. The highest BCUT2D eigenvalue weighted by Crippen LogP contribution is 2.42. The monoisotopic (exact) mass is 483 g/mol. The second-order valence-corrected chi connectivity index (χ2v) is 10.1. The Morgan fingerprint density at radius 2 is 1.53 bits per heavy atom. The number of aldehydes is 1. The molecule has 1 heterocycles. The van der Waals surface area contributed by atoms with Crippen molar-refractivity contribution in [1.82, 2.24) is 4.98 Å². The minimum atomic E-state index is 0. The van der Waals surface area contributed by atoms with Crippen molar-refractivity contribution in [3.63, 3.8) is 0 Å². The number of benzene rings is 2. The van der Waals surface area contributed by atoms with E-state index in [9.17, 15) is 0 Å². The summed E-state index contributed by atoms with van der Waals surface area (Å²) in [6.45, 7) is 7.92. The Kier molecular flexibility index (Phi) is 11.1. The van der Waals surface area contributed by atoms with E-state index in [0.717, 1.165) is 6.29 Å². The van der Waals surface area contributed by atoms with Gasteiger partial charge in [0.25, 0.3) is 0 Å². The maximum atomic E-state index is 8.81. The van der Waals surface area contributed by atoms with Crippen molar-refractivity contribution >= 4 is 12.4 Å². The van der Waals surface area contributed by atoms with Crippen molar-refractivity contribution in [1.29, 1.82) is 0 Å². The van der Waals surface area contributed by atoms with Gasteiger partial charge in [0.15, 0.2) is 0 Å². The lowest BCUT2D eigenvalue weighted by molar-refractivity contribution is -0.106. The van der Waals surface area contributed by atoms with Gasteiger partial charge in [-0.25, -0.2) is 0 Å². The minimum Gasteiger partial charge on any atom is -0.304 e. The third-order valence-corrected chi connectivity index (χ3v) is 7.41. The van der Waals surface area contributed by atoms with E-state index in [1.54, 1.807) is 11.1 Å². The molecule has 2 unspecified atom stereocenters. The lowest BCUT2D eigenvalue weighted by Gasteiger charge is -2.30. The van der Waals surface area contributed by atoms with Crippen LogP contribution in [0.15, 0.2) is 66.9 Å². The summed E-state index contributed by atoms with van der Waals surface area (Å²) >= 11 is 0. The van der Waals surface area contributed by atoms with Crippen molar-refractivity contribution < 1.29 is 6.22 Å². The fourth-order valence-corrected chi connectivity index (χ4v) is 5.64. The number of hydrogen-bond acceptors (Lipinski definition) is 2. The molecular weight excluding hydrogens is 438 g/mol. The van der Waals surface area contributed by atoms with Gasteiger partial charge >= 0.3 is 0 Å². The molecule has 0 saturated heterocycles. The molecule has 2 atom stereocenters. The van der Waals surface area contributed by atoms with Gasteiger partial charge < -0.3 is 4.79 Å². The molecule has 0 radical (unpaired) electrons. The number of aryl methyl sites for hydroxylation is 4. The number of allylic oxidation sites excluding steroid dienone is 1. The van der Waals surface area contributed by atoms with Crippen LogP contribution >= 0.6 is 0 Å². The number of nitrogens with zero attached hydrogens (tertiary/aromatic N) is 1. The summed E-state index contributed by atoms with van der Waals surface area (Å²) in [5.41, 5.74) is 10.0. The zero-order valence-electron chi connectivity index (χ0n) is 22.7. The Bertz CT molecular complexity index is 1110. The molecule has 0 amide bonds. The minimum absolute atomic E-state index is 0. The molecule has 2 heteroatoms. The van der Waals surface area contributed by atoms with E-state index in [0.29, 0.717) is 11.8 Å². The van der Waals surface area contributed by atoms with Crippen LogP contribution in [-0.2, 0) is 17.6 Å². The van der Waals surface area contributed by atoms with Gasteiger partial charge in [0, 0.05) is 13.5 Å². The number of carbonyl (C=O) groups is 1. The Labute approximate surface area is 220 Å². The van der Waals surface area contributed by atoms with Gasteiger partial charge in [-0.1, -0.05) is 72.7 Å². The van der Waals surface area contributed by atoms with Gasteiger partial charge in [0.2, 0.25) is 0 Å². The molecule has 1 fully saturated rings. The fraction of sp³-hybridized carbons (Fsp3) is 0.412. The number of carbonyl (C=O) groups excluding carboxylic acids is 1. The first kappa shape index (κ1) is 27.6. The maximum absolute atomic E-state index is 8.81. The summed E-state index contributed by atoms with van der Waals surface area (Å²) in [5.74, 6) is 1.26. The predicted octanol–water partition coefficient (Wildman–Crippen LogP) is 9.19. The summed E-state index contributed by atoms with van der Waals surface area (Å²) in [4.78, 5) is 13.6. The van der Waals surface area contributed by atoms with Gasteiger partial charge in [-0.2, -0.15) is 0 Å². The van der Waals surface area contributed by atoms with Crippen LogP contribution in [0.3, 0.4) is 0 Å². The maximum Gasteiger partial charge on any atom is 0.116 e. The second kappa shape index (κ2) is 14.5. The SMILES string of the molecule is C/C=C\c1c(C)ccnc1C1CCCC(c2cccc(C)c2)C1.CC=O.[HH].c1ccc2c(c1)CCCC2. The first-order chi connectivity index (χ1) is 17.6. The molecule has 2 aliphatic carbocycles. The Morgan fingerprint density at radius 1 is 0.861 bits per heavy atom.